The summed E-state index contributed by atoms with van der Waals surface area (Å²) in [5.74, 6) is -5.38. The van der Waals surface area contributed by atoms with Gasteiger partial charge in [0.05, 0.1) is 0 Å². The number of Topliss-reactive ketones (excluding diaryl/α,β-unsaturated/α-hetero) is 2. The van der Waals surface area contributed by atoms with Crippen LogP contribution >= 0.6 is 0 Å². The maximum Gasteiger partial charge on any atom is 2.00 e. The van der Waals surface area contributed by atoms with Crippen LogP contribution in [0.2, 0.25) is 0 Å². The largest absolute Gasteiger partial charge is 2.00 e. The Kier molecular flexibility index (Phi) is 37.0. The van der Waals surface area contributed by atoms with Gasteiger partial charge in [-0.3, -0.25) is 9.59 Å². The van der Waals surface area contributed by atoms with E-state index in [4.69, 9.17) is 20.4 Å². The number of aliphatic carboxylic acids is 2. The Morgan fingerprint density at radius 3 is 0.963 bits per heavy atom. The third-order valence-electron chi connectivity index (χ3n) is 2.60. The minimum Gasteiger partial charge on any atom is -0.483 e. The maximum atomic E-state index is 10.1. The fraction of sp³-hybridized carbons (Fsp3) is 0.667. The number of ketones is 2. The fourth-order valence-electron chi connectivity index (χ4n) is 0.664. The normalized spacial score (nSPS) is 10.7. The molecule has 0 spiro atoms. The second-order valence-corrected chi connectivity index (χ2v) is 5.16. The van der Waals surface area contributed by atoms with Crippen LogP contribution < -0.4 is 0 Å². The molecule has 0 aromatic rings. The van der Waals surface area contributed by atoms with Crippen LogP contribution in [0.25, 0.3) is 0 Å². The van der Waals surface area contributed by atoms with Crippen molar-refractivity contribution in [3.8, 4) is 0 Å². The molecule has 0 rings (SSSR count). The van der Waals surface area contributed by atoms with Crippen LogP contribution in [0.5, 0.6) is 0 Å². The van der Waals surface area contributed by atoms with E-state index >= 15 is 0 Å². The maximum absolute atomic E-state index is 10.1. The van der Waals surface area contributed by atoms with Crippen molar-refractivity contribution in [1.82, 2.24) is 0 Å². The van der Waals surface area contributed by atoms with Crippen LogP contribution in [0, 0.1) is 25.7 Å². The standard InChI is InChI=1S/2C5H7O3.2C4H10O.Ti/c2*1-3(4(2)6)5(7)8;2*1-2-3-4-5;/h2*3H,1H2,2H3,(H,7,8);2*5H,2-4H2,1H3;/q2*-1;;;+2. The van der Waals surface area contributed by atoms with E-state index in [9.17, 15) is 19.2 Å². The van der Waals surface area contributed by atoms with Crippen LogP contribution in [-0.4, -0.2) is 57.1 Å². The van der Waals surface area contributed by atoms with Crippen molar-refractivity contribution in [2.75, 3.05) is 13.2 Å². The molecule has 4 N–H and O–H groups in total. The Morgan fingerprint density at radius 2 is 0.963 bits per heavy atom. The fourth-order valence-corrected chi connectivity index (χ4v) is 0.664. The van der Waals surface area contributed by atoms with Gasteiger partial charge in [-0.05, 0) is 38.5 Å². The summed E-state index contributed by atoms with van der Waals surface area (Å²) in [6.45, 7) is 13.4. The Hall–Kier alpha value is -1.09. The van der Waals surface area contributed by atoms with Gasteiger partial charge >= 0.3 is 21.7 Å². The van der Waals surface area contributed by atoms with Gasteiger partial charge in [0.25, 0.3) is 11.9 Å². The van der Waals surface area contributed by atoms with Gasteiger partial charge < -0.3 is 43.9 Å². The Bertz CT molecular complexity index is 318. The van der Waals surface area contributed by atoms with Crippen molar-refractivity contribution in [2.24, 2.45) is 11.8 Å². The van der Waals surface area contributed by atoms with Gasteiger partial charge in [0.1, 0.15) is 11.6 Å². The third-order valence-corrected chi connectivity index (χ3v) is 2.60. The summed E-state index contributed by atoms with van der Waals surface area (Å²) >= 11 is 0. The third kappa shape index (κ3) is 36.6. The zero-order valence-electron chi connectivity index (χ0n) is 16.7. The van der Waals surface area contributed by atoms with Gasteiger partial charge in [0.15, 0.2) is 0 Å². The number of rotatable bonds is 8. The average molecular weight is 426 g/mol. The molecule has 0 saturated heterocycles. The summed E-state index contributed by atoms with van der Waals surface area (Å²) in [5.41, 5.74) is 0. The predicted molar refractivity (Wildman–Crippen MR) is 98.3 cm³/mol. The van der Waals surface area contributed by atoms with Crippen molar-refractivity contribution in [1.29, 1.82) is 0 Å². The summed E-state index contributed by atoms with van der Waals surface area (Å²) < 4.78 is 0. The van der Waals surface area contributed by atoms with E-state index in [0.717, 1.165) is 25.7 Å². The molecule has 0 heterocycles. The van der Waals surface area contributed by atoms with Crippen LogP contribution in [0.1, 0.15) is 53.4 Å². The van der Waals surface area contributed by atoms with Gasteiger partial charge in [0.2, 0.25) is 0 Å². The van der Waals surface area contributed by atoms with E-state index in [2.05, 4.69) is 27.7 Å². The molecule has 0 aromatic carbocycles. The molecule has 0 aromatic heterocycles. The first-order valence-electron chi connectivity index (χ1n) is 8.28. The molecule has 0 aliphatic carbocycles. The van der Waals surface area contributed by atoms with Gasteiger partial charge in [0, 0.05) is 13.2 Å². The van der Waals surface area contributed by atoms with E-state index in [0.29, 0.717) is 13.2 Å². The van der Waals surface area contributed by atoms with E-state index < -0.39 is 35.3 Å². The van der Waals surface area contributed by atoms with Crippen molar-refractivity contribution in [3.63, 3.8) is 0 Å². The predicted octanol–water partition coefficient (Wildman–Crippen LogP) is 1.78. The molecule has 0 aliphatic heterocycles. The quantitative estimate of drug-likeness (QED) is 0.261. The van der Waals surface area contributed by atoms with Crippen LogP contribution in [0.4, 0.5) is 0 Å². The Labute approximate surface area is 177 Å². The van der Waals surface area contributed by atoms with Gasteiger partial charge in [-0.25, -0.2) is 0 Å². The first-order valence-corrected chi connectivity index (χ1v) is 8.28. The van der Waals surface area contributed by atoms with Crippen LogP contribution in [0.15, 0.2) is 0 Å². The minimum absolute atomic E-state index is 0. The molecule has 2 unspecified atom stereocenters. The summed E-state index contributed by atoms with van der Waals surface area (Å²) in [7, 11) is 0. The number of aliphatic hydroxyl groups is 2. The van der Waals surface area contributed by atoms with Gasteiger partial charge in [-0.15, -0.1) is 0 Å². The van der Waals surface area contributed by atoms with E-state index in [1.807, 2.05) is 0 Å². The van der Waals surface area contributed by atoms with Crippen molar-refractivity contribution >= 4 is 23.5 Å². The average Bonchev–Trinajstić information content (AvgIpc) is 2.56. The Balaban J connectivity index is -0.0000000807. The molecule has 2 atom stereocenters. The summed E-state index contributed by atoms with van der Waals surface area (Å²) in [6, 6.07) is 0. The summed E-state index contributed by atoms with van der Waals surface area (Å²) in [5, 5.41) is 32.3. The zero-order chi connectivity index (χ0) is 21.7. The number of carboxylic acids is 2. The summed E-state index contributed by atoms with van der Waals surface area (Å²) in [6.07, 6.45) is 4.08. The molecular formula is C18H34O8Ti. The molecule has 0 aliphatic rings. The number of hydrogen-bond donors (Lipinski definition) is 4. The van der Waals surface area contributed by atoms with Gasteiger partial charge in [-0.1, -0.05) is 26.7 Å². The number of hydrogen-bond acceptors (Lipinski definition) is 6. The SMILES string of the molecule is CCCCO.CCCCO.[CH2-]C(C(C)=O)C(=O)O.[CH2-]C(C(C)=O)C(=O)O.[Ti+2]. The Morgan fingerprint density at radius 1 is 0.741 bits per heavy atom. The molecule has 27 heavy (non-hydrogen) atoms. The molecule has 0 fully saturated rings. The minimum atomic E-state index is -1.17. The van der Waals surface area contributed by atoms with Crippen molar-refractivity contribution < 1.29 is 61.3 Å². The van der Waals surface area contributed by atoms with Crippen molar-refractivity contribution in [3.05, 3.63) is 13.8 Å². The molecule has 9 heteroatoms. The van der Waals surface area contributed by atoms with E-state index in [1.165, 1.54) is 13.8 Å². The first kappa shape index (κ1) is 36.8. The topological polar surface area (TPSA) is 149 Å². The van der Waals surface area contributed by atoms with E-state index in [1.54, 1.807) is 0 Å². The van der Waals surface area contributed by atoms with E-state index in [-0.39, 0.29) is 21.7 Å². The van der Waals surface area contributed by atoms with Crippen LogP contribution in [-0.2, 0) is 40.9 Å². The smallest absolute Gasteiger partial charge is 0.483 e. The molecule has 158 valence electrons. The second kappa shape index (κ2) is 27.1. The molecular weight excluding hydrogens is 392 g/mol. The molecule has 0 bridgehead atoms. The summed E-state index contributed by atoms with van der Waals surface area (Å²) in [4.78, 5) is 40.0. The number of carbonyl (C=O) groups is 4. The molecule has 0 saturated carbocycles. The molecule has 0 amide bonds. The second-order valence-electron chi connectivity index (χ2n) is 5.16. The number of aliphatic hydroxyl groups excluding tert-OH is 2. The first-order chi connectivity index (χ1) is 11.9. The van der Waals surface area contributed by atoms with Gasteiger partial charge in [-0.2, -0.15) is 0 Å². The van der Waals surface area contributed by atoms with Crippen molar-refractivity contribution in [2.45, 2.75) is 53.4 Å². The molecule has 8 nitrogen and oxygen atoms in total. The number of carbonyl (C=O) groups excluding carboxylic acids is 2. The molecule has 0 radical (unpaired) electrons. The number of carboxylic acid groups (broad SMARTS) is 2. The van der Waals surface area contributed by atoms with Crippen LogP contribution in [0.3, 0.4) is 0 Å². The number of unbranched alkanes of at least 4 members (excludes halogenated alkanes) is 2. The zero-order valence-corrected chi connectivity index (χ0v) is 18.3. The monoisotopic (exact) mass is 426 g/mol.